The average molecular weight is 357 g/mol. The van der Waals surface area contributed by atoms with E-state index in [2.05, 4.69) is 21.6 Å². The second-order valence-corrected chi connectivity index (χ2v) is 6.60. The molecule has 0 aliphatic heterocycles. The third-order valence-electron chi connectivity index (χ3n) is 3.18. The van der Waals surface area contributed by atoms with E-state index in [9.17, 15) is 21.6 Å². The van der Waals surface area contributed by atoms with E-state index in [0.29, 0.717) is 11.3 Å². The van der Waals surface area contributed by atoms with Crippen LogP contribution in [0.4, 0.5) is 24.7 Å². The molecule has 9 heteroatoms. The van der Waals surface area contributed by atoms with Gasteiger partial charge in [0.2, 0.25) is 10.0 Å². The minimum Gasteiger partial charge on any atom is -0.340 e. The Morgan fingerprint density at radius 2 is 1.92 bits per heavy atom. The van der Waals surface area contributed by atoms with E-state index in [1.165, 1.54) is 37.4 Å². The molecule has 0 atom stereocenters. The predicted molar refractivity (Wildman–Crippen MR) is 85.3 cm³/mol. The highest BCUT2D eigenvalue weighted by Gasteiger charge is 2.30. The van der Waals surface area contributed by atoms with Crippen LogP contribution in [-0.2, 0) is 16.2 Å². The highest BCUT2D eigenvalue weighted by atomic mass is 32.2. The van der Waals surface area contributed by atoms with Gasteiger partial charge in [-0.15, -0.1) is 0 Å². The van der Waals surface area contributed by atoms with E-state index in [4.69, 9.17) is 0 Å². The van der Waals surface area contributed by atoms with Crippen molar-refractivity contribution in [3.63, 3.8) is 0 Å². The number of nitrogens with one attached hydrogen (secondary N) is 2. The molecule has 5 nitrogen and oxygen atoms in total. The van der Waals surface area contributed by atoms with Crippen LogP contribution in [0.3, 0.4) is 0 Å². The van der Waals surface area contributed by atoms with Crippen LogP contribution < -0.4 is 10.0 Å². The lowest BCUT2D eigenvalue weighted by atomic mass is 10.1. The number of hydrogen-bond acceptors (Lipinski definition) is 4. The van der Waals surface area contributed by atoms with Crippen LogP contribution in [0.1, 0.15) is 11.1 Å². The first-order valence-electron chi connectivity index (χ1n) is 6.67. The molecule has 1 aromatic carbocycles. The predicted octanol–water partition coefficient (Wildman–Crippen LogP) is 3.40. The molecule has 2 rings (SSSR count). The first-order chi connectivity index (χ1) is 11.2. The van der Waals surface area contributed by atoms with Gasteiger partial charge in [0.05, 0.1) is 10.5 Å². The summed E-state index contributed by atoms with van der Waals surface area (Å²) in [5.74, 6) is 0.190. The van der Waals surface area contributed by atoms with E-state index in [-0.39, 0.29) is 10.7 Å². The number of hydrogen-bond donors (Lipinski definition) is 2. The SMILES string of the molecule is C=Cc1cc(S(=O)(=O)NC)ccc1Nc1ccc(C(F)(F)F)cn1. The molecule has 0 amide bonds. The second-order valence-electron chi connectivity index (χ2n) is 4.72. The van der Waals surface area contributed by atoms with E-state index in [1.54, 1.807) is 0 Å². The Kier molecular flexibility index (Phi) is 4.95. The number of alkyl halides is 3. The fraction of sp³-hybridized carbons (Fsp3) is 0.133. The van der Waals surface area contributed by atoms with Crippen molar-refractivity contribution in [2.75, 3.05) is 12.4 Å². The molecule has 1 heterocycles. The number of pyridine rings is 1. The summed E-state index contributed by atoms with van der Waals surface area (Å²) in [5.41, 5.74) is 0.0767. The van der Waals surface area contributed by atoms with Crippen LogP contribution in [0.25, 0.3) is 6.08 Å². The highest BCUT2D eigenvalue weighted by molar-refractivity contribution is 7.89. The summed E-state index contributed by atoms with van der Waals surface area (Å²) in [5, 5.41) is 2.83. The van der Waals surface area contributed by atoms with Crippen molar-refractivity contribution in [1.29, 1.82) is 0 Å². The van der Waals surface area contributed by atoms with Crippen LogP contribution in [0.2, 0.25) is 0 Å². The smallest absolute Gasteiger partial charge is 0.340 e. The summed E-state index contributed by atoms with van der Waals surface area (Å²) >= 11 is 0. The normalized spacial score (nSPS) is 12.0. The lowest BCUT2D eigenvalue weighted by molar-refractivity contribution is -0.137. The maximum Gasteiger partial charge on any atom is 0.417 e. The zero-order chi connectivity index (χ0) is 18.0. The third-order valence-corrected chi connectivity index (χ3v) is 4.59. The Morgan fingerprint density at radius 3 is 2.42 bits per heavy atom. The molecule has 0 radical (unpaired) electrons. The summed E-state index contributed by atoms with van der Waals surface area (Å²) in [6, 6.07) is 6.34. The van der Waals surface area contributed by atoms with Crippen molar-refractivity contribution >= 4 is 27.6 Å². The topological polar surface area (TPSA) is 71.1 Å². The van der Waals surface area contributed by atoms with Crippen LogP contribution in [-0.4, -0.2) is 20.4 Å². The fourth-order valence-corrected chi connectivity index (χ4v) is 2.65. The van der Waals surface area contributed by atoms with E-state index >= 15 is 0 Å². The van der Waals surface area contributed by atoms with Gasteiger partial charge in [0, 0.05) is 11.9 Å². The number of halogens is 3. The number of rotatable bonds is 5. The Morgan fingerprint density at radius 1 is 1.21 bits per heavy atom. The zero-order valence-electron chi connectivity index (χ0n) is 12.6. The van der Waals surface area contributed by atoms with Gasteiger partial charge in [0.1, 0.15) is 5.82 Å². The maximum atomic E-state index is 12.5. The standard InChI is InChI=1S/C15H14F3N3O2S/c1-3-10-8-12(24(22,23)19-2)5-6-13(10)21-14-7-4-11(9-20-14)15(16,17)18/h3-9,19H,1H2,2H3,(H,20,21). The van der Waals surface area contributed by atoms with Gasteiger partial charge in [-0.1, -0.05) is 12.7 Å². The Hall–Kier alpha value is -2.39. The van der Waals surface area contributed by atoms with Gasteiger partial charge in [0.25, 0.3) is 0 Å². The van der Waals surface area contributed by atoms with E-state index in [1.807, 2.05) is 0 Å². The molecule has 0 bridgehead atoms. The number of nitrogens with zero attached hydrogens (tertiary/aromatic N) is 1. The largest absolute Gasteiger partial charge is 0.417 e. The van der Waals surface area contributed by atoms with Crippen molar-refractivity contribution < 1.29 is 21.6 Å². The molecule has 0 fully saturated rings. The number of anilines is 2. The highest BCUT2D eigenvalue weighted by Crippen LogP contribution is 2.30. The van der Waals surface area contributed by atoms with Gasteiger partial charge in [-0.05, 0) is 42.9 Å². The Labute approximate surface area is 137 Å². The number of aromatic nitrogens is 1. The van der Waals surface area contributed by atoms with Gasteiger partial charge in [-0.3, -0.25) is 0 Å². The summed E-state index contributed by atoms with van der Waals surface area (Å²) in [6.45, 7) is 3.60. The molecule has 2 aromatic rings. The Bertz CT molecular complexity index is 847. The molecular formula is C15H14F3N3O2S. The first-order valence-corrected chi connectivity index (χ1v) is 8.16. The molecule has 2 N–H and O–H groups in total. The Balaban J connectivity index is 2.32. The van der Waals surface area contributed by atoms with Crippen molar-refractivity contribution in [3.8, 4) is 0 Å². The van der Waals surface area contributed by atoms with Gasteiger partial charge in [-0.2, -0.15) is 13.2 Å². The molecule has 0 aliphatic carbocycles. The number of benzene rings is 1. The van der Waals surface area contributed by atoms with Crippen LogP contribution in [0.5, 0.6) is 0 Å². The molecule has 1 aromatic heterocycles. The van der Waals surface area contributed by atoms with Crippen LogP contribution in [0.15, 0.2) is 48.0 Å². The monoisotopic (exact) mass is 357 g/mol. The fourth-order valence-electron chi connectivity index (χ4n) is 1.88. The van der Waals surface area contributed by atoms with Gasteiger partial charge in [-0.25, -0.2) is 18.1 Å². The minimum absolute atomic E-state index is 0.0471. The number of sulfonamides is 1. The maximum absolute atomic E-state index is 12.5. The quantitative estimate of drug-likeness (QED) is 0.860. The lowest BCUT2D eigenvalue weighted by Gasteiger charge is -2.12. The molecule has 0 saturated carbocycles. The van der Waals surface area contributed by atoms with E-state index < -0.39 is 21.8 Å². The van der Waals surface area contributed by atoms with Crippen molar-refractivity contribution in [3.05, 3.63) is 54.2 Å². The third kappa shape index (κ3) is 3.92. The summed E-state index contributed by atoms with van der Waals surface area (Å²) < 4.78 is 63.3. The molecule has 0 unspecified atom stereocenters. The first kappa shape index (κ1) is 18.0. The molecule has 0 saturated heterocycles. The van der Waals surface area contributed by atoms with E-state index in [0.717, 1.165) is 12.3 Å². The lowest BCUT2D eigenvalue weighted by Crippen LogP contribution is -2.18. The molecule has 24 heavy (non-hydrogen) atoms. The molecular weight excluding hydrogens is 343 g/mol. The molecule has 0 aliphatic rings. The van der Waals surface area contributed by atoms with Crippen molar-refractivity contribution in [2.45, 2.75) is 11.1 Å². The van der Waals surface area contributed by atoms with Gasteiger partial charge in [0.15, 0.2) is 0 Å². The van der Waals surface area contributed by atoms with Gasteiger partial charge >= 0.3 is 6.18 Å². The van der Waals surface area contributed by atoms with Crippen molar-refractivity contribution in [2.24, 2.45) is 0 Å². The average Bonchev–Trinajstić information content (AvgIpc) is 2.54. The summed E-state index contributed by atoms with van der Waals surface area (Å²) in [4.78, 5) is 3.75. The van der Waals surface area contributed by atoms with Crippen LogP contribution >= 0.6 is 0 Å². The minimum atomic E-state index is -4.46. The van der Waals surface area contributed by atoms with Crippen molar-refractivity contribution in [1.82, 2.24) is 9.71 Å². The summed E-state index contributed by atoms with van der Waals surface area (Å²) in [6.07, 6.45) is -2.31. The molecule has 128 valence electrons. The summed E-state index contributed by atoms with van der Waals surface area (Å²) in [7, 11) is -2.32. The zero-order valence-corrected chi connectivity index (χ0v) is 13.4. The second kappa shape index (κ2) is 6.62. The van der Waals surface area contributed by atoms with Gasteiger partial charge < -0.3 is 5.32 Å². The van der Waals surface area contributed by atoms with Crippen LogP contribution in [0, 0.1) is 0 Å². The molecule has 0 spiro atoms.